The fourth-order valence-electron chi connectivity index (χ4n) is 3.33. The highest BCUT2D eigenvalue weighted by atomic mass is 35.5. The van der Waals surface area contributed by atoms with Crippen LogP contribution in [0.25, 0.3) is 0 Å². The highest BCUT2D eigenvalue weighted by molar-refractivity contribution is 6.31. The Labute approximate surface area is 132 Å². The second kappa shape index (κ2) is 7.10. The Morgan fingerprint density at radius 1 is 1.33 bits per heavy atom. The number of benzene rings is 1. The summed E-state index contributed by atoms with van der Waals surface area (Å²) in [5.41, 5.74) is 1.31. The van der Waals surface area contributed by atoms with Gasteiger partial charge in [0.1, 0.15) is 0 Å². The van der Waals surface area contributed by atoms with Gasteiger partial charge in [0.05, 0.1) is 12.7 Å². The highest BCUT2D eigenvalue weighted by Gasteiger charge is 2.32. The number of ether oxygens (including phenoxy) is 1. The first-order valence-corrected chi connectivity index (χ1v) is 8.45. The Kier molecular flexibility index (Phi) is 5.17. The number of rotatable bonds is 5. The molecule has 0 spiro atoms. The molecule has 1 aliphatic heterocycles. The summed E-state index contributed by atoms with van der Waals surface area (Å²) < 4.78 is 5.83. The van der Waals surface area contributed by atoms with Crippen LogP contribution in [-0.4, -0.2) is 49.8 Å². The number of morpholine rings is 1. The van der Waals surface area contributed by atoms with E-state index in [1.165, 1.54) is 18.4 Å². The molecule has 21 heavy (non-hydrogen) atoms. The predicted molar refractivity (Wildman–Crippen MR) is 87.1 cm³/mol. The van der Waals surface area contributed by atoms with Gasteiger partial charge in [0.2, 0.25) is 0 Å². The number of hydrogen-bond acceptors (Lipinski definition) is 3. The van der Waals surface area contributed by atoms with Crippen molar-refractivity contribution >= 4 is 11.6 Å². The fraction of sp³-hybridized carbons (Fsp3) is 0.647. The zero-order valence-corrected chi connectivity index (χ0v) is 13.5. The summed E-state index contributed by atoms with van der Waals surface area (Å²) in [5, 5.41) is 4.57. The van der Waals surface area contributed by atoms with Crippen molar-refractivity contribution in [1.29, 1.82) is 0 Å². The molecule has 3 rings (SSSR count). The van der Waals surface area contributed by atoms with E-state index >= 15 is 0 Å². The average molecular weight is 309 g/mol. The molecule has 1 aromatic rings. The molecule has 1 N–H and O–H groups in total. The Bertz CT molecular complexity index is 462. The van der Waals surface area contributed by atoms with Gasteiger partial charge in [0, 0.05) is 30.7 Å². The van der Waals surface area contributed by atoms with Gasteiger partial charge in [0.15, 0.2) is 0 Å². The molecule has 1 saturated heterocycles. The predicted octanol–water partition coefficient (Wildman–Crippen LogP) is 2.90. The molecule has 1 saturated carbocycles. The molecule has 2 fully saturated rings. The van der Waals surface area contributed by atoms with Crippen LogP contribution in [0.2, 0.25) is 5.02 Å². The monoisotopic (exact) mass is 308 g/mol. The summed E-state index contributed by atoms with van der Waals surface area (Å²) in [6, 6.07) is 8.85. The van der Waals surface area contributed by atoms with Gasteiger partial charge < -0.3 is 10.1 Å². The van der Waals surface area contributed by atoms with E-state index in [0.29, 0.717) is 18.1 Å². The van der Waals surface area contributed by atoms with Crippen LogP contribution in [0.15, 0.2) is 24.3 Å². The van der Waals surface area contributed by atoms with Crippen molar-refractivity contribution in [2.45, 2.75) is 37.8 Å². The summed E-state index contributed by atoms with van der Waals surface area (Å²) in [5.74, 6) is 0.621. The molecule has 0 bridgehead atoms. The van der Waals surface area contributed by atoms with Crippen molar-refractivity contribution in [3.63, 3.8) is 0 Å². The molecular weight excluding hydrogens is 284 g/mol. The molecule has 0 amide bonds. The molecule has 4 heteroatoms. The molecular formula is C17H25ClN2O. The maximum absolute atomic E-state index is 6.26. The van der Waals surface area contributed by atoms with E-state index in [2.05, 4.69) is 29.3 Å². The lowest BCUT2D eigenvalue weighted by Gasteiger charge is -2.39. The lowest BCUT2D eigenvalue weighted by atomic mass is 9.76. The van der Waals surface area contributed by atoms with E-state index in [4.69, 9.17) is 16.3 Å². The summed E-state index contributed by atoms with van der Waals surface area (Å²) in [4.78, 5) is 2.46. The van der Waals surface area contributed by atoms with Crippen LogP contribution in [0.1, 0.15) is 31.2 Å². The molecule has 0 radical (unpaired) electrons. The molecule has 1 atom stereocenters. The van der Waals surface area contributed by atoms with Crippen LogP contribution in [0, 0.1) is 0 Å². The van der Waals surface area contributed by atoms with Gasteiger partial charge in [-0.05, 0) is 36.9 Å². The van der Waals surface area contributed by atoms with Gasteiger partial charge >= 0.3 is 0 Å². The number of likely N-dealkylation sites (N-methyl/N-ethyl adjacent to an activating group) is 1. The first kappa shape index (κ1) is 15.3. The standard InChI is InChI=1S/C17H25ClN2O/c1-2-20-7-8-21-15(12-20)11-19-14-9-13(10-14)16-5-3-4-6-17(16)18/h3-6,13-15,19H,2,7-12H2,1H3. The van der Waals surface area contributed by atoms with E-state index in [1.54, 1.807) is 0 Å². The molecule has 3 nitrogen and oxygen atoms in total. The minimum absolute atomic E-state index is 0.345. The van der Waals surface area contributed by atoms with Gasteiger partial charge in [-0.15, -0.1) is 0 Å². The van der Waals surface area contributed by atoms with E-state index in [-0.39, 0.29) is 0 Å². The highest BCUT2D eigenvalue weighted by Crippen LogP contribution is 2.39. The summed E-state index contributed by atoms with van der Waals surface area (Å²) in [6.45, 7) is 7.31. The molecule has 2 aliphatic rings. The molecule has 1 heterocycles. The molecule has 1 aromatic carbocycles. The van der Waals surface area contributed by atoms with Gasteiger partial charge in [-0.3, -0.25) is 4.90 Å². The van der Waals surface area contributed by atoms with Crippen LogP contribution in [0.5, 0.6) is 0 Å². The molecule has 0 aromatic heterocycles. The minimum atomic E-state index is 0.345. The lowest BCUT2D eigenvalue weighted by molar-refractivity contribution is -0.0276. The van der Waals surface area contributed by atoms with Crippen molar-refractivity contribution in [1.82, 2.24) is 10.2 Å². The van der Waals surface area contributed by atoms with E-state index in [1.807, 2.05) is 12.1 Å². The summed E-state index contributed by atoms with van der Waals surface area (Å²) in [6.07, 6.45) is 2.72. The molecule has 116 valence electrons. The van der Waals surface area contributed by atoms with Crippen molar-refractivity contribution in [3.05, 3.63) is 34.9 Å². The lowest BCUT2D eigenvalue weighted by Crippen LogP contribution is -2.50. The molecule has 1 unspecified atom stereocenters. The number of halogens is 1. The van der Waals surface area contributed by atoms with Crippen LogP contribution in [-0.2, 0) is 4.74 Å². The van der Waals surface area contributed by atoms with Crippen molar-refractivity contribution in [2.24, 2.45) is 0 Å². The number of hydrogen-bond donors (Lipinski definition) is 1. The second-order valence-corrected chi connectivity index (χ2v) is 6.59. The van der Waals surface area contributed by atoms with Crippen LogP contribution < -0.4 is 5.32 Å². The van der Waals surface area contributed by atoms with E-state index in [0.717, 1.165) is 37.8 Å². The van der Waals surface area contributed by atoms with Crippen molar-refractivity contribution < 1.29 is 4.74 Å². The maximum Gasteiger partial charge on any atom is 0.0826 e. The van der Waals surface area contributed by atoms with Gasteiger partial charge in [-0.1, -0.05) is 36.7 Å². The van der Waals surface area contributed by atoms with Gasteiger partial charge in [-0.2, -0.15) is 0 Å². The third-order valence-corrected chi connectivity index (χ3v) is 5.13. The van der Waals surface area contributed by atoms with Crippen molar-refractivity contribution in [3.8, 4) is 0 Å². The zero-order chi connectivity index (χ0) is 14.7. The zero-order valence-electron chi connectivity index (χ0n) is 12.7. The fourth-order valence-corrected chi connectivity index (χ4v) is 3.62. The first-order valence-electron chi connectivity index (χ1n) is 8.08. The quantitative estimate of drug-likeness (QED) is 0.905. The van der Waals surface area contributed by atoms with E-state index in [9.17, 15) is 0 Å². The van der Waals surface area contributed by atoms with Gasteiger partial charge in [-0.25, -0.2) is 0 Å². The Morgan fingerprint density at radius 3 is 2.90 bits per heavy atom. The number of nitrogens with one attached hydrogen (secondary N) is 1. The minimum Gasteiger partial charge on any atom is -0.374 e. The third kappa shape index (κ3) is 3.78. The SMILES string of the molecule is CCN1CCOC(CNC2CC(c3ccccc3Cl)C2)C1. The Balaban J connectivity index is 1.40. The van der Waals surface area contributed by atoms with Crippen molar-refractivity contribution in [2.75, 3.05) is 32.8 Å². The van der Waals surface area contributed by atoms with E-state index < -0.39 is 0 Å². The van der Waals surface area contributed by atoms with Crippen LogP contribution in [0.4, 0.5) is 0 Å². The normalized spacial score (nSPS) is 30.1. The third-order valence-electron chi connectivity index (χ3n) is 4.79. The van der Waals surface area contributed by atoms with Crippen LogP contribution >= 0.6 is 11.6 Å². The van der Waals surface area contributed by atoms with Gasteiger partial charge in [0.25, 0.3) is 0 Å². The average Bonchev–Trinajstić information content (AvgIpc) is 2.47. The maximum atomic E-state index is 6.26. The Hall–Kier alpha value is -0.610. The largest absolute Gasteiger partial charge is 0.374 e. The smallest absolute Gasteiger partial charge is 0.0826 e. The van der Waals surface area contributed by atoms with Crippen LogP contribution in [0.3, 0.4) is 0 Å². The molecule has 1 aliphatic carbocycles. The Morgan fingerprint density at radius 2 is 2.14 bits per heavy atom. The number of nitrogens with zero attached hydrogens (tertiary/aromatic N) is 1. The summed E-state index contributed by atoms with van der Waals surface area (Å²) >= 11 is 6.26. The first-order chi connectivity index (χ1) is 10.3. The summed E-state index contributed by atoms with van der Waals surface area (Å²) in [7, 11) is 0. The second-order valence-electron chi connectivity index (χ2n) is 6.18. The topological polar surface area (TPSA) is 24.5 Å².